The van der Waals surface area contributed by atoms with Crippen LogP contribution >= 0.6 is 35.6 Å². The minimum Gasteiger partial charge on any atom is -0.370 e. The van der Waals surface area contributed by atoms with Crippen LogP contribution in [0.3, 0.4) is 0 Å². The van der Waals surface area contributed by atoms with Crippen molar-refractivity contribution < 1.29 is 0 Å². The van der Waals surface area contributed by atoms with E-state index in [2.05, 4.69) is 16.4 Å². The highest BCUT2D eigenvalue weighted by molar-refractivity contribution is 14.0. The number of nitrogens with one attached hydrogen (secondary N) is 1. The van der Waals surface area contributed by atoms with Gasteiger partial charge in [0, 0.05) is 16.1 Å². The van der Waals surface area contributed by atoms with Gasteiger partial charge in [-0.25, -0.2) is 0 Å². The van der Waals surface area contributed by atoms with Crippen molar-refractivity contribution in [2.45, 2.75) is 18.3 Å². The highest BCUT2D eigenvalue weighted by atomic mass is 127. The fourth-order valence-electron chi connectivity index (χ4n) is 2.45. The molecule has 0 atom stereocenters. The zero-order chi connectivity index (χ0) is 14.7. The van der Waals surface area contributed by atoms with Crippen molar-refractivity contribution in [3.05, 3.63) is 65.2 Å². The Kier molecular flexibility index (Phi) is 5.69. The molecule has 3 N–H and O–H groups in total. The van der Waals surface area contributed by atoms with E-state index in [1.807, 2.05) is 48.5 Å². The van der Waals surface area contributed by atoms with Crippen molar-refractivity contribution in [3.8, 4) is 0 Å². The topological polar surface area (TPSA) is 50.4 Å². The number of halogens is 2. The molecule has 1 saturated carbocycles. The molecule has 2 aromatic rings. The Bertz CT molecular complexity index is 654. The molecule has 0 spiro atoms. The maximum atomic E-state index is 6.08. The van der Waals surface area contributed by atoms with Crippen molar-refractivity contribution >= 4 is 47.2 Å². The maximum Gasteiger partial charge on any atom is 0.193 e. The largest absolute Gasteiger partial charge is 0.370 e. The second-order valence-corrected chi connectivity index (χ2v) is 5.92. The molecule has 0 aromatic heterocycles. The predicted octanol–water partition coefficient (Wildman–Crippen LogP) is 4.42. The van der Waals surface area contributed by atoms with Crippen molar-refractivity contribution in [1.29, 1.82) is 0 Å². The van der Waals surface area contributed by atoms with Crippen LogP contribution in [-0.2, 0) is 5.41 Å². The monoisotopic (exact) mass is 427 g/mol. The smallest absolute Gasteiger partial charge is 0.193 e. The Balaban J connectivity index is 0.00000176. The minimum atomic E-state index is 0. The van der Waals surface area contributed by atoms with E-state index in [0.29, 0.717) is 12.5 Å². The summed E-state index contributed by atoms with van der Waals surface area (Å²) >= 11 is 6.08. The van der Waals surface area contributed by atoms with Gasteiger partial charge in [-0.05, 0) is 42.7 Å². The molecule has 0 saturated heterocycles. The van der Waals surface area contributed by atoms with Crippen LogP contribution in [0.2, 0.25) is 5.02 Å². The maximum absolute atomic E-state index is 6.08. The molecule has 0 radical (unpaired) electrons. The molecule has 3 rings (SSSR count). The molecule has 2 aromatic carbocycles. The van der Waals surface area contributed by atoms with Gasteiger partial charge in [0.25, 0.3) is 0 Å². The van der Waals surface area contributed by atoms with Gasteiger partial charge < -0.3 is 11.1 Å². The standard InChI is InChI=1S/C17H18ClN3.HI/c18-14-6-4-5-13(11-14)17(9-10-17)12-20-16(19)21-15-7-2-1-3-8-15;/h1-8,11H,9-10,12H2,(H3,19,20,21);1H. The summed E-state index contributed by atoms with van der Waals surface area (Å²) in [6.45, 7) is 0.693. The summed E-state index contributed by atoms with van der Waals surface area (Å²) in [4.78, 5) is 4.50. The number of hydrogen-bond acceptors (Lipinski definition) is 1. The number of nitrogens with zero attached hydrogens (tertiary/aromatic N) is 1. The van der Waals surface area contributed by atoms with Gasteiger partial charge in [0.05, 0.1) is 6.54 Å². The van der Waals surface area contributed by atoms with E-state index in [4.69, 9.17) is 17.3 Å². The van der Waals surface area contributed by atoms with Crippen LogP contribution in [0.1, 0.15) is 18.4 Å². The second kappa shape index (κ2) is 7.33. The number of nitrogens with two attached hydrogens (primary N) is 1. The third kappa shape index (κ3) is 4.14. The molecule has 0 unspecified atom stereocenters. The molecular weight excluding hydrogens is 409 g/mol. The molecule has 1 aliphatic rings. The molecule has 0 bridgehead atoms. The zero-order valence-corrected chi connectivity index (χ0v) is 15.2. The Morgan fingerprint density at radius 2 is 1.86 bits per heavy atom. The summed E-state index contributed by atoms with van der Waals surface area (Å²) in [7, 11) is 0. The van der Waals surface area contributed by atoms with Gasteiger partial charge in [-0.1, -0.05) is 41.9 Å². The first-order chi connectivity index (χ1) is 10.2. The Labute approximate surface area is 153 Å². The van der Waals surface area contributed by atoms with E-state index in [1.54, 1.807) is 0 Å². The first kappa shape index (κ1) is 17.1. The lowest BCUT2D eigenvalue weighted by atomic mass is 9.96. The average molecular weight is 428 g/mol. The highest BCUT2D eigenvalue weighted by Crippen LogP contribution is 2.48. The van der Waals surface area contributed by atoms with Crippen molar-refractivity contribution in [1.82, 2.24) is 0 Å². The molecule has 1 fully saturated rings. The number of anilines is 1. The molecule has 0 amide bonds. The number of aliphatic imine (C=N–C) groups is 1. The summed E-state index contributed by atoms with van der Waals surface area (Å²) in [6.07, 6.45) is 2.27. The molecule has 116 valence electrons. The fourth-order valence-corrected chi connectivity index (χ4v) is 2.64. The van der Waals surface area contributed by atoms with Gasteiger partial charge in [-0.3, -0.25) is 4.99 Å². The molecular formula is C17H19ClIN3. The van der Waals surface area contributed by atoms with Crippen molar-refractivity contribution in [2.75, 3.05) is 11.9 Å². The lowest BCUT2D eigenvalue weighted by molar-refractivity contribution is 0.705. The third-order valence-corrected chi connectivity index (χ3v) is 4.12. The average Bonchev–Trinajstić information content (AvgIpc) is 3.28. The Morgan fingerprint density at radius 1 is 1.14 bits per heavy atom. The molecule has 3 nitrogen and oxygen atoms in total. The second-order valence-electron chi connectivity index (χ2n) is 5.48. The van der Waals surface area contributed by atoms with Crippen LogP contribution in [0.25, 0.3) is 0 Å². The van der Waals surface area contributed by atoms with Gasteiger partial charge in [0.15, 0.2) is 5.96 Å². The lowest BCUT2D eigenvalue weighted by Gasteiger charge is -2.14. The number of guanidine groups is 1. The van der Waals surface area contributed by atoms with E-state index in [-0.39, 0.29) is 29.4 Å². The van der Waals surface area contributed by atoms with Gasteiger partial charge in [-0.2, -0.15) is 0 Å². The van der Waals surface area contributed by atoms with Gasteiger partial charge in [0.1, 0.15) is 0 Å². The van der Waals surface area contributed by atoms with Crippen LogP contribution in [0.15, 0.2) is 59.6 Å². The van der Waals surface area contributed by atoms with Gasteiger partial charge in [-0.15, -0.1) is 24.0 Å². The molecule has 1 aliphatic carbocycles. The van der Waals surface area contributed by atoms with Gasteiger partial charge >= 0.3 is 0 Å². The summed E-state index contributed by atoms with van der Waals surface area (Å²) in [5, 5.41) is 3.88. The van der Waals surface area contributed by atoms with E-state index in [0.717, 1.165) is 23.6 Å². The van der Waals surface area contributed by atoms with E-state index in [9.17, 15) is 0 Å². The summed E-state index contributed by atoms with van der Waals surface area (Å²) in [6, 6.07) is 17.9. The number of rotatable bonds is 4. The van der Waals surface area contributed by atoms with E-state index in [1.165, 1.54) is 5.56 Å². The molecule has 0 heterocycles. The van der Waals surface area contributed by atoms with Crippen LogP contribution < -0.4 is 11.1 Å². The quantitative estimate of drug-likeness (QED) is 0.431. The SMILES string of the molecule is I.NC(=NCC1(c2cccc(Cl)c2)CC1)Nc1ccccc1. The Hall–Kier alpha value is -1.27. The normalized spacial score (nSPS) is 15.8. The van der Waals surface area contributed by atoms with Gasteiger partial charge in [0.2, 0.25) is 0 Å². The summed E-state index contributed by atoms with van der Waals surface area (Å²) < 4.78 is 0. The predicted molar refractivity (Wildman–Crippen MR) is 104 cm³/mol. The Morgan fingerprint density at radius 3 is 2.50 bits per heavy atom. The van der Waals surface area contributed by atoms with E-state index < -0.39 is 0 Å². The number of para-hydroxylation sites is 1. The third-order valence-electron chi connectivity index (χ3n) is 3.89. The lowest BCUT2D eigenvalue weighted by Crippen LogP contribution is -2.24. The molecule has 5 heteroatoms. The minimum absolute atomic E-state index is 0. The van der Waals surface area contributed by atoms with Crippen LogP contribution in [0, 0.1) is 0 Å². The van der Waals surface area contributed by atoms with Crippen molar-refractivity contribution in [3.63, 3.8) is 0 Å². The molecule has 0 aliphatic heterocycles. The summed E-state index contributed by atoms with van der Waals surface area (Å²) in [5.74, 6) is 0.453. The van der Waals surface area contributed by atoms with E-state index >= 15 is 0 Å². The first-order valence-corrected chi connectivity index (χ1v) is 7.44. The summed E-state index contributed by atoms with van der Waals surface area (Å²) in [5.41, 5.74) is 8.29. The van der Waals surface area contributed by atoms with Crippen molar-refractivity contribution in [2.24, 2.45) is 10.7 Å². The zero-order valence-electron chi connectivity index (χ0n) is 12.1. The fraction of sp³-hybridized carbons (Fsp3) is 0.235. The van der Waals surface area contributed by atoms with Crippen LogP contribution in [-0.4, -0.2) is 12.5 Å². The first-order valence-electron chi connectivity index (χ1n) is 7.06. The molecule has 22 heavy (non-hydrogen) atoms. The van der Waals surface area contributed by atoms with Crippen LogP contribution in [0.4, 0.5) is 5.69 Å². The number of benzene rings is 2. The highest BCUT2D eigenvalue weighted by Gasteiger charge is 2.44. The van der Waals surface area contributed by atoms with Crippen LogP contribution in [0.5, 0.6) is 0 Å². The number of hydrogen-bond donors (Lipinski definition) is 2.